The van der Waals surface area contributed by atoms with Gasteiger partial charge in [-0.1, -0.05) is 36.4 Å². The summed E-state index contributed by atoms with van der Waals surface area (Å²) in [4.78, 5) is 11.7. The van der Waals surface area contributed by atoms with Crippen LogP contribution in [0.5, 0.6) is 0 Å². The molecule has 122 valence electrons. The molecule has 0 aromatic heterocycles. The van der Waals surface area contributed by atoms with Crippen molar-refractivity contribution in [3.63, 3.8) is 0 Å². The van der Waals surface area contributed by atoms with Crippen LogP contribution in [-0.2, 0) is 20.9 Å². The molecule has 24 heavy (non-hydrogen) atoms. The average molecular weight is 320 g/mol. The predicted octanol–water partition coefficient (Wildman–Crippen LogP) is 4.52. The van der Waals surface area contributed by atoms with Crippen LogP contribution in [0.3, 0.4) is 0 Å². The Kier molecular flexibility index (Phi) is 3.73. The van der Waals surface area contributed by atoms with Crippen molar-refractivity contribution in [3.05, 3.63) is 59.7 Å². The van der Waals surface area contributed by atoms with E-state index in [1.807, 2.05) is 13.0 Å². The fourth-order valence-corrected chi connectivity index (χ4v) is 3.44. The van der Waals surface area contributed by atoms with Crippen molar-refractivity contribution < 1.29 is 14.3 Å². The van der Waals surface area contributed by atoms with Crippen LogP contribution in [0, 0.1) is 6.92 Å². The summed E-state index contributed by atoms with van der Waals surface area (Å²) >= 11 is 0. The van der Waals surface area contributed by atoms with Gasteiger partial charge in [0.15, 0.2) is 6.10 Å². The molecule has 1 aliphatic heterocycles. The van der Waals surface area contributed by atoms with Crippen molar-refractivity contribution >= 4 is 27.5 Å². The minimum atomic E-state index is -0.446. The quantitative estimate of drug-likeness (QED) is 0.526. The molecule has 0 radical (unpaired) electrons. The number of ether oxygens (including phenoxy) is 2. The molecule has 0 N–H and O–H groups in total. The number of fused-ring (bicyclic) bond motifs is 2. The largest absolute Gasteiger partial charge is 0.461 e. The highest BCUT2D eigenvalue weighted by Crippen LogP contribution is 2.28. The van der Waals surface area contributed by atoms with Crippen LogP contribution in [0.4, 0.5) is 0 Å². The second-order valence-electron chi connectivity index (χ2n) is 6.57. The molecule has 2 atom stereocenters. The molecule has 3 heteroatoms. The summed E-state index contributed by atoms with van der Waals surface area (Å²) in [5.74, 6) is -0.246. The van der Waals surface area contributed by atoms with Gasteiger partial charge in [-0.15, -0.1) is 0 Å². The Morgan fingerprint density at radius 2 is 1.79 bits per heavy atom. The molecule has 0 bridgehead atoms. The molecule has 1 fully saturated rings. The van der Waals surface area contributed by atoms with Gasteiger partial charge in [-0.25, -0.2) is 4.79 Å². The Morgan fingerprint density at radius 1 is 1.08 bits per heavy atom. The van der Waals surface area contributed by atoms with Crippen molar-refractivity contribution in [2.24, 2.45) is 0 Å². The van der Waals surface area contributed by atoms with Crippen LogP contribution in [0.1, 0.15) is 24.5 Å². The number of cyclic esters (lactones) is 1. The maximum Gasteiger partial charge on any atom is 0.335 e. The van der Waals surface area contributed by atoms with Crippen LogP contribution < -0.4 is 0 Å². The summed E-state index contributed by atoms with van der Waals surface area (Å²) in [5.41, 5.74) is 2.38. The molecule has 0 amide bonds. The first-order chi connectivity index (χ1) is 11.6. The second kappa shape index (κ2) is 5.91. The van der Waals surface area contributed by atoms with E-state index >= 15 is 0 Å². The number of carbonyl (C=O) groups is 1. The lowest BCUT2D eigenvalue weighted by atomic mass is 9.98. The summed E-state index contributed by atoms with van der Waals surface area (Å²) in [6.07, 6.45) is 0.131. The van der Waals surface area contributed by atoms with Gasteiger partial charge in [0.25, 0.3) is 0 Å². The zero-order chi connectivity index (χ0) is 16.7. The van der Waals surface area contributed by atoms with Crippen LogP contribution in [-0.4, -0.2) is 18.2 Å². The standard InChI is InChI=1S/C21H20O3/c1-13-5-3-6-15-11-19-16(10-18(13)15)7-4-8-17(19)12-23-20-9-14(2)24-21(20)22/h3-8,10-11,14,20H,9,12H2,1-2H3. The van der Waals surface area contributed by atoms with Gasteiger partial charge in [0.2, 0.25) is 0 Å². The second-order valence-corrected chi connectivity index (χ2v) is 6.57. The van der Waals surface area contributed by atoms with Gasteiger partial charge in [0, 0.05) is 6.42 Å². The highest BCUT2D eigenvalue weighted by molar-refractivity contribution is 6.00. The van der Waals surface area contributed by atoms with Crippen LogP contribution in [0.25, 0.3) is 21.5 Å². The van der Waals surface area contributed by atoms with Gasteiger partial charge in [-0.05, 0) is 58.7 Å². The molecule has 0 saturated carbocycles. The first-order valence-electron chi connectivity index (χ1n) is 8.35. The number of rotatable bonds is 3. The number of hydrogen-bond acceptors (Lipinski definition) is 3. The zero-order valence-corrected chi connectivity index (χ0v) is 13.9. The Hall–Kier alpha value is -2.39. The van der Waals surface area contributed by atoms with Crippen molar-refractivity contribution in [1.82, 2.24) is 0 Å². The lowest BCUT2D eigenvalue weighted by molar-refractivity contribution is -0.149. The first kappa shape index (κ1) is 15.2. The fourth-order valence-electron chi connectivity index (χ4n) is 3.44. The number of benzene rings is 3. The Balaban J connectivity index is 1.69. The van der Waals surface area contributed by atoms with Gasteiger partial charge >= 0.3 is 5.97 Å². The molecule has 1 saturated heterocycles. The zero-order valence-electron chi connectivity index (χ0n) is 13.9. The average Bonchev–Trinajstić information content (AvgIpc) is 2.89. The van der Waals surface area contributed by atoms with E-state index in [1.165, 1.54) is 27.1 Å². The number of carbonyl (C=O) groups excluding carboxylic acids is 1. The maximum atomic E-state index is 11.7. The summed E-state index contributed by atoms with van der Waals surface area (Å²) < 4.78 is 11.0. The molecule has 2 unspecified atom stereocenters. The molecule has 0 aliphatic carbocycles. The molecule has 1 aliphatic rings. The normalized spacial score (nSPS) is 20.7. The lowest BCUT2D eigenvalue weighted by Gasteiger charge is -2.12. The van der Waals surface area contributed by atoms with Crippen molar-refractivity contribution in [1.29, 1.82) is 0 Å². The van der Waals surface area contributed by atoms with Gasteiger partial charge in [-0.2, -0.15) is 0 Å². The molecule has 3 aromatic carbocycles. The monoisotopic (exact) mass is 320 g/mol. The van der Waals surface area contributed by atoms with E-state index in [1.54, 1.807) is 0 Å². The summed E-state index contributed by atoms with van der Waals surface area (Å²) in [6, 6.07) is 17.0. The highest BCUT2D eigenvalue weighted by Gasteiger charge is 2.32. The Labute approximate surface area is 141 Å². The summed E-state index contributed by atoms with van der Waals surface area (Å²) in [7, 11) is 0. The van der Waals surface area contributed by atoms with E-state index in [-0.39, 0.29) is 12.1 Å². The first-order valence-corrected chi connectivity index (χ1v) is 8.35. The molecule has 0 spiro atoms. The van der Waals surface area contributed by atoms with E-state index in [2.05, 4.69) is 49.4 Å². The third kappa shape index (κ3) is 2.65. The summed E-state index contributed by atoms with van der Waals surface area (Å²) in [6.45, 7) is 4.45. The van der Waals surface area contributed by atoms with Gasteiger partial charge in [0.1, 0.15) is 6.10 Å². The molecule has 1 heterocycles. The van der Waals surface area contributed by atoms with Crippen molar-refractivity contribution in [3.8, 4) is 0 Å². The Bertz CT molecular complexity index is 929. The van der Waals surface area contributed by atoms with Crippen molar-refractivity contribution in [2.45, 2.75) is 39.1 Å². The molecular weight excluding hydrogens is 300 g/mol. The van der Waals surface area contributed by atoms with Gasteiger partial charge in [-0.3, -0.25) is 0 Å². The third-order valence-corrected chi connectivity index (χ3v) is 4.75. The van der Waals surface area contributed by atoms with E-state index in [0.29, 0.717) is 13.0 Å². The number of esters is 1. The van der Waals surface area contributed by atoms with Crippen molar-refractivity contribution in [2.75, 3.05) is 0 Å². The topological polar surface area (TPSA) is 35.5 Å². The SMILES string of the molecule is Cc1cccc2cc3c(COC4CC(C)OC4=O)cccc3cc12. The van der Waals surface area contributed by atoms with Crippen LogP contribution in [0.2, 0.25) is 0 Å². The summed E-state index contributed by atoms with van der Waals surface area (Å²) in [5, 5.41) is 4.87. The van der Waals surface area contributed by atoms with Crippen LogP contribution in [0.15, 0.2) is 48.5 Å². The lowest BCUT2D eigenvalue weighted by Crippen LogP contribution is -2.18. The smallest absolute Gasteiger partial charge is 0.335 e. The number of aryl methyl sites for hydroxylation is 1. The maximum absolute atomic E-state index is 11.7. The molecule has 4 rings (SSSR count). The highest BCUT2D eigenvalue weighted by atomic mass is 16.6. The van der Waals surface area contributed by atoms with E-state index < -0.39 is 6.10 Å². The fraction of sp³-hybridized carbons (Fsp3) is 0.286. The predicted molar refractivity (Wildman–Crippen MR) is 94.9 cm³/mol. The van der Waals surface area contributed by atoms with E-state index in [9.17, 15) is 4.79 Å². The van der Waals surface area contributed by atoms with Gasteiger partial charge < -0.3 is 9.47 Å². The third-order valence-electron chi connectivity index (χ3n) is 4.75. The molecule has 3 nitrogen and oxygen atoms in total. The minimum absolute atomic E-state index is 0.0538. The van der Waals surface area contributed by atoms with E-state index in [4.69, 9.17) is 9.47 Å². The minimum Gasteiger partial charge on any atom is -0.461 e. The number of hydrogen-bond donors (Lipinski definition) is 0. The van der Waals surface area contributed by atoms with E-state index in [0.717, 1.165) is 5.56 Å². The Morgan fingerprint density at radius 3 is 2.54 bits per heavy atom. The van der Waals surface area contributed by atoms with Crippen LogP contribution >= 0.6 is 0 Å². The molecule has 3 aromatic rings. The van der Waals surface area contributed by atoms with Gasteiger partial charge in [0.05, 0.1) is 6.61 Å². The molecular formula is C21H20O3.